The van der Waals surface area contributed by atoms with Crippen LogP contribution in [0.25, 0.3) is 10.4 Å². The van der Waals surface area contributed by atoms with Gasteiger partial charge in [0.2, 0.25) is 0 Å². The van der Waals surface area contributed by atoms with Gasteiger partial charge in [-0.3, -0.25) is 0 Å². The number of aliphatic hydroxyl groups is 9. The number of nitrogens with zero attached hydrogens (tertiary/aromatic N) is 3. The van der Waals surface area contributed by atoms with E-state index >= 15 is 0 Å². The summed E-state index contributed by atoms with van der Waals surface area (Å²) in [5.41, 5.74) is 9.76. The van der Waals surface area contributed by atoms with E-state index in [2.05, 4.69) is 64.2 Å². The van der Waals surface area contributed by atoms with Crippen LogP contribution in [0.2, 0.25) is 66.2 Å². The van der Waals surface area contributed by atoms with Crippen LogP contribution in [0.4, 0.5) is 4.39 Å². The first-order valence-corrected chi connectivity index (χ1v) is 34.8. The number of rotatable bonds is 29. The van der Waals surface area contributed by atoms with Crippen LogP contribution in [0.15, 0.2) is 41.6 Å². The molecule has 0 aromatic rings. The molecule has 6 heterocycles. The van der Waals surface area contributed by atoms with Gasteiger partial charge in [0.05, 0.1) is 60.8 Å². The molecule has 2 aliphatic carbocycles. The van der Waals surface area contributed by atoms with E-state index in [9.17, 15) is 9.50 Å². The molecule has 22 nitrogen and oxygen atoms in total. The van der Waals surface area contributed by atoms with Gasteiger partial charge in [-0.15, -0.1) is 11.8 Å². The maximum Gasteiger partial charge on any atom is 0.151 e. The summed E-state index contributed by atoms with van der Waals surface area (Å²) in [6, 6.07) is -0.169. The first-order chi connectivity index (χ1) is 45.4. The highest BCUT2D eigenvalue weighted by Gasteiger charge is 2.45. The van der Waals surface area contributed by atoms with Crippen LogP contribution in [0.3, 0.4) is 0 Å². The number of hydrogen-bond donors (Lipinski definition) is 9. The van der Waals surface area contributed by atoms with Gasteiger partial charge in [0.25, 0.3) is 0 Å². The first kappa shape index (κ1) is 90.6. The zero-order chi connectivity index (χ0) is 70.4. The largest absolute Gasteiger partial charge is 0.396 e. The lowest BCUT2D eigenvalue weighted by Gasteiger charge is -2.17. The third kappa shape index (κ3) is 32.9. The lowest BCUT2D eigenvalue weighted by Crippen LogP contribution is -2.36. The van der Waals surface area contributed by atoms with E-state index < -0.39 is 24.4 Å². The summed E-state index contributed by atoms with van der Waals surface area (Å²) in [4.78, 5) is 2.77. The van der Waals surface area contributed by atoms with E-state index in [0.29, 0.717) is 68.2 Å². The van der Waals surface area contributed by atoms with E-state index in [1.807, 2.05) is 68.1 Å². The molecule has 8 rings (SSSR count). The van der Waals surface area contributed by atoms with E-state index in [1.165, 1.54) is 19.1 Å². The predicted molar refractivity (Wildman–Crippen MR) is 378 cm³/mol. The molecule has 9 N–H and O–H groups in total. The van der Waals surface area contributed by atoms with Gasteiger partial charge in [0.1, 0.15) is 80.9 Å². The zero-order valence-electron chi connectivity index (χ0n) is 58.5. The Hall–Kier alpha value is -1.43. The molecule has 1 saturated carbocycles. The molecule has 0 amide bonds. The number of alkyl halides is 1. The Morgan fingerprint density at radius 1 is 0.532 bits per heavy atom. The number of allylic oxidation sites excluding steroid dienone is 2. The number of hydrogen-bond acceptors (Lipinski definition) is 21. The Balaban J connectivity index is 0.000000538. The molecule has 23 atom stereocenters. The molecular weight excluding hydrogens is 1230 g/mol. The summed E-state index contributed by atoms with van der Waals surface area (Å²) in [6.07, 6.45) is 15.0. The average Bonchev–Trinajstić information content (AvgIpc) is 1.84. The molecule has 6 fully saturated rings. The molecule has 32 heteroatoms. The van der Waals surface area contributed by atoms with Gasteiger partial charge in [-0.25, -0.2) is 4.39 Å². The summed E-state index contributed by atoms with van der Waals surface area (Å²) >= 11 is 1.79. The van der Waals surface area contributed by atoms with Crippen LogP contribution in [-0.4, -0.2) is 306 Å². The van der Waals surface area contributed by atoms with Crippen LogP contribution < -0.4 is 0 Å². The number of ether oxygens (including phenoxy) is 10. The van der Waals surface area contributed by atoms with Gasteiger partial charge in [-0.1, -0.05) is 102 Å². The molecule has 2 unspecified atom stereocenters. The number of methoxy groups -OCH3 is 4. The number of azide groups is 1. The fraction of sp³-hybridized carbons (Fsp3) is 0.903. The van der Waals surface area contributed by atoms with E-state index in [0.717, 1.165) is 44.3 Å². The Morgan fingerprint density at radius 3 is 1.55 bits per heavy atom. The summed E-state index contributed by atoms with van der Waals surface area (Å²) in [5.74, 6) is 3.15. The maximum absolute atomic E-state index is 13.5. The highest BCUT2D eigenvalue weighted by molar-refractivity contribution is 8.00. The quantitative estimate of drug-likeness (QED) is 0.0164. The third-order valence-electron chi connectivity index (χ3n) is 17.5. The molecule has 0 spiro atoms. The Bertz CT molecular complexity index is 1930. The Labute approximate surface area is 574 Å². The van der Waals surface area contributed by atoms with E-state index in [1.54, 1.807) is 54.5 Å². The lowest BCUT2D eigenvalue weighted by molar-refractivity contribution is -0.0183. The van der Waals surface area contributed by atoms with Crippen molar-refractivity contribution >= 4 is 70.0 Å². The SMILES string of the molecule is C=C1[C@@H]([B]C)C[C@@H](OC)[C@H]1CCO.C[B][C@@H]1O[C@H](CCO)[C@H](OC)C1F.C[B][C@@H]1O[C@H](CCO)[C@H](OC)C1O.C[B][C@H]1C=C[C@@H](CCO)C1.C[B][C@H]1C=C[C@@H](CCO)O1.C[B][C@H]1CS[C@@H](CCO)O1.C[B][C@H]1C[C@@H](N=[N+]=[N-])[C@@H](CCO)O1.C[B][C@H]1C[C@@H](OC)[C@@H](CCO)O1. The molecule has 8 aliphatic rings. The standard InChI is InChI=1S/C10H18BO2.C8H15BFO3.C8H16BO4.C8H16BO3.C8H14BO.C7H13BN3O2.C7H12BO2.C6H12BO2S/c1-7-8(4-5-12)10(13-3)6-9(7)11-2;1-9-8-6(10)7(12-2)5(13-8)3-4-11;1-9-8-6(11)7(12-2)5(13-8)3-4-10;1-9-8-5-7(11-2)6(12-8)3-4-10;1-9-8-3-2-7(6-8)4-5-10;1-8-7-4-5(10-11-9)6(13-7)2-3-12;1-8-7-3-2-6(10-7)4-5-9;1-7-5-4-10-6(9-5)2-3-8/h8-10,12H,1,4-6H2,2-3H3;5-8,11H,3-4H2,1-2H3;5-8,10-11H,3-4H2,1-2H3;6-8,10H,3-5H2,1-2H3;2-3,7-8,10H,4-6H2,1H3;5-7,12H,2-4H2,1H3;2-3,6-7,9H,4-5H2,1H3;5-6,8H,2-4H2,1H3/t8-,9-,10+;2*5-,6?,7+,8-;6-,7-,8-;7-,8-;5-,6-,7-;6-,7+;5-,6+/m01110101/s1. The van der Waals surface area contributed by atoms with Crippen LogP contribution in [0.1, 0.15) is 77.0 Å². The van der Waals surface area contributed by atoms with Crippen LogP contribution in [-0.2, 0) is 47.4 Å². The summed E-state index contributed by atoms with van der Waals surface area (Å²) in [6.45, 7) is 21.0. The fourth-order valence-corrected chi connectivity index (χ4v) is 13.2. The molecular formula is C62H116B8FN3O19S. The monoisotopic (exact) mass is 1350 g/mol. The van der Waals surface area contributed by atoms with Crippen molar-refractivity contribution in [2.45, 2.75) is 258 Å². The highest BCUT2D eigenvalue weighted by Crippen LogP contribution is 2.42. The van der Waals surface area contributed by atoms with Gasteiger partial charge in [-0.2, -0.15) is 0 Å². The number of halogens is 1. The van der Waals surface area contributed by atoms with Crippen molar-refractivity contribution in [2.24, 2.45) is 17.0 Å². The van der Waals surface area contributed by atoms with Crippen molar-refractivity contribution in [1.29, 1.82) is 0 Å². The summed E-state index contributed by atoms with van der Waals surface area (Å²) in [5, 5.41) is 83.0. The Morgan fingerprint density at radius 2 is 1.07 bits per heavy atom. The van der Waals surface area contributed by atoms with Crippen molar-refractivity contribution in [1.82, 2.24) is 0 Å². The predicted octanol–water partition coefficient (Wildman–Crippen LogP) is 4.51. The summed E-state index contributed by atoms with van der Waals surface area (Å²) < 4.78 is 67.1. The van der Waals surface area contributed by atoms with Gasteiger partial charge in [0, 0.05) is 135 Å². The topological polar surface area (TPSA) is 323 Å². The first-order valence-electron chi connectivity index (χ1n) is 33.7. The van der Waals surface area contributed by atoms with Crippen LogP contribution in [0, 0.1) is 11.8 Å². The van der Waals surface area contributed by atoms with Crippen molar-refractivity contribution in [2.75, 3.05) is 87.0 Å². The summed E-state index contributed by atoms with van der Waals surface area (Å²) in [7, 11) is 22.3. The smallest absolute Gasteiger partial charge is 0.151 e. The van der Waals surface area contributed by atoms with Crippen molar-refractivity contribution in [3.8, 4) is 0 Å². The highest BCUT2D eigenvalue weighted by atomic mass is 32.2. The molecule has 8 radical (unpaired) electrons. The van der Waals surface area contributed by atoms with Crippen molar-refractivity contribution in [3.05, 3.63) is 46.9 Å². The molecule has 0 aromatic heterocycles. The minimum Gasteiger partial charge on any atom is -0.396 e. The molecule has 94 heavy (non-hydrogen) atoms. The second kappa shape index (κ2) is 55.3. The van der Waals surface area contributed by atoms with Gasteiger partial charge in [0.15, 0.2) is 7.28 Å². The molecule has 0 aromatic carbocycles. The van der Waals surface area contributed by atoms with Gasteiger partial charge >= 0.3 is 0 Å². The second-order valence-electron chi connectivity index (χ2n) is 23.6. The van der Waals surface area contributed by atoms with Crippen molar-refractivity contribution < 1.29 is 97.7 Å². The average molecular weight is 1350 g/mol. The second-order valence-corrected chi connectivity index (χ2v) is 24.8. The molecule has 6 aliphatic heterocycles. The maximum atomic E-state index is 13.5. The van der Waals surface area contributed by atoms with Crippen LogP contribution >= 0.6 is 11.8 Å². The minimum absolute atomic E-state index is 0.00627. The molecule has 530 valence electrons. The fourth-order valence-electron chi connectivity index (χ4n) is 12.0. The van der Waals surface area contributed by atoms with Crippen LogP contribution in [0.5, 0.6) is 0 Å². The molecule has 5 saturated heterocycles. The third-order valence-corrected chi connectivity index (χ3v) is 18.8. The van der Waals surface area contributed by atoms with E-state index in [-0.39, 0.29) is 131 Å². The van der Waals surface area contributed by atoms with Crippen molar-refractivity contribution in [3.63, 3.8) is 0 Å². The lowest BCUT2D eigenvalue weighted by atomic mass is 9.64. The van der Waals surface area contributed by atoms with Gasteiger partial charge in [-0.05, 0) is 81.5 Å². The number of aliphatic hydroxyl groups excluding tert-OH is 9. The number of thioether (sulfide) groups is 1. The van der Waals surface area contributed by atoms with Gasteiger partial charge < -0.3 is 93.3 Å². The Kier molecular flexibility index (Phi) is 53.3. The zero-order valence-corrected chi connectivity index (χ0v) is 59.3. The minimum atomic E-state index is -1.12. The normalized spacial score (nSPS) is 34.7. The van der Waals surface area contributed by atoms with E-state index in [4.69, 9.17) is 93.8 Å². The molecule has 0 bridgehead atoms.